The van der Waals surface area contributed by atoms with E-state index < -0.39 is 10.0 Å². The molecule has 0 atom stereocenters. The second-order valence-electron chi connectivity index (χ2n) is 4.13. The van der Waals surface area contributed by atoms with E-state index in [4.69, 9.17) is 5.11 Å². The lowest BCUT2D eigenvalue weighted by Crippen LogP contribution is -2.23. The molecule has 0 saturated carbocycles. The van der Waals surface area contributed by atoms with E-state index in [2.05, 4.69) is 21.5 Å². The Balaban J connectivity index is 2.17. The van der Waals surface area contributed by atoms with E-state index in [-0.39, 0.29) is 18.0 Å². The highest BCUT2D eigenvalue weighted by atomic mass is 32.2. The summed E-state index contributed by atoms with van der Waals surface area (Å²) in [6.45, 7) is -0.122. The lowest BCUT2D eigenvalue weighted by Gasteiger charge is -2.08. The maximum Gasteiger partial charge on any atom is 0.242 e. The van der Waals surface area contributed by atoms with Gasteiger partial charge in [-0.05, 0) is 23.8 Å². The summed E-state index contributed by atoms with van der Waals surface area (Å²) in [5.41, 5.74) is 1.42. The molecule has 0 aliphatic carbocycles. The van der Waals surface area contributed by atoms with Gasteiger partial charge in [-0.15, -0.1) is 0 Å². The van der Waals surface area contributed by atoms with Crippen LogP contribution in [0.1, 0.15) is 11.1 Å². The molecule has 5 nitrogen and oxygen atoms in total. The quantitative estimate of drug-likeness (QED) is 0.823. The molecule has 1 aromatic heterocycles. The molecule has 1 aromatic carbocycles. The van der Waals surface area contributed by atoms with Crippen LogP contribution in [0.2, 0.25) is 0 Å². The molecule has 0 aliphatic heterocycles. The molecule has 2 aromatic rings. The molecule has 108 valence electrons. The summed E-state index contributed by atoms with van der Waals surface area (Å²) in [7, 11) is -3.61. The number of hydrogen-bond donors (Lipinski definition) is 2. The summed E-state index contributed by atoms with van der Waals surface area (Å²) in [5.74, 6) is 5.34. The predicted octanol–water partition coefficient (Wildman–Crippen LogP) is 0.904. The molecule has 0 radical (unpaired) electrons. The Morgan fingerprint density at radius 1 is 1.19 bits per heavy atom. The Hall–Kier alpha value is -2.20. The van der Waals surface area contributed by atoms with Gasteiger partial charge in [0.05, 0.1) is 0 Å². The van der Waals surface area contributed by atoms with Crippen LogP contribution in [-0.2, 0) is 16.6 Å². The van der Waals surface area contributed by atoms with E-state index in [0.717, 1.165) is 5.56 Å². The van der Waals surface area contributed by atoms with Crippen LogP contribution in [0.3, 0.4) is 0 Å². The zero-order chi connectivity index (χ0) is 15.1. The molecule has 6 heteroatoms. The molecule has 0 amide bonds. The van der Waals surface area contributed by atoms with Crippen LogP contribution in [0.15, 0.2) is 53.7 Å². The monoisotopic (exact) mass is 302 g/mol. The highest BCUT2D eigenvalue weighted by Crippen LogP contribution is 2.10. The Morgan fingerprint density at radius 2 is 2.00 bits per heavy atom. The summed E-state index contributed by atoms with van der Waals surface area (Å²) >= 11 is 0. The van der Waals surface area contributed by atoms with E-state index in [1.807, 2.05) is 0 Å². The van der Waals surface area contributed by atoms with Gasteiger partial charge in [-0.1, -0.05) is 30.0 Å². The molecule has 1 heterocycles. The minimum absolute atomic E-state index is 0.115. The number of hydrogen-bond acceptors (Lipinski definition) is 4. The fourth-order valence-electron chi connectivity index (χ4n) is 1.69. The minimum Gasteiger partial charge on any atom is -0.384 e. The average molecular weight is 302 g/mol. The standard InChI is InChI=1S/C15H14N2O3S/c18-10-4-7-13-5-1-2-6-14(13)11-17-21(19,20)15-8-3-9-16-12-15/h1-3,5-6,8-9,12,17-18H,10-11H2. The molecule has 0 aliphatic rings. The number of sulfonamides is 1. The van der Waals surface area contributed by atoms with Crippen molar-refractivity contribution < 1.29 is 13.5 Å². The second kappa shape index (κ2) is 6.99. The average Bonchev–Trinajstić information content (AvgIpc) is 2.52. The topological polar surface area (TPSA) is 79.3 Å². The van der Waals surface area contributed by atoms with Crippen molar-refractivity contribution in [2.24, 2.45) is 0 Å². The first-order chi connectivity index (χ1) is 10.1. The summed E-state index contributed by atoms with van der Waals surface area (Å²) in [4.78, 5) is 3.91. The highest BCUT2D eigenvalue weighted by Gasteiger charge is 2.13. The van der Waals surface area contributed by atoms with Gasteiger partial charge in [0.1, 0.15) is 11.5 Å². The fraction of sp³-hybridized carbons (Fsp3) is 0.133. The number of pyridine rings is 1. The number of rotatable bonds is 4. The lowest BCUT2D eigenvalue weighted by atomic mass is 10.1. The van der Waals surface area contributed by atoms with Crippen molar-refractivity contribution in [3.8, 4) is 11.8 Å². The maximum atomic E-state index is 12.1. The van der Waals surface area contributed by atoms with Crippen LogP contribution in [0.25, 0.3) is 0 Å². The van der Waals surface area contributed by atoms with Crippen molar-refractivity contribution in [3.63, 3.8) is 0 Å². The lowest BCUT2D eigenvalue weighted by molar-refractivity contribution is 0.350. The Kier molecular flexibility index (Phi) is 5.06. The molecule has 0 unspecified atom stereocenters. The van der Waals surface area contributed by atoms with Crippen molar-refractivity contribution in [3.05, 3.63) is 59.9 Å². The Labute approximate surface area is 123 Å². The van der Waals surface area contributed by atoms with Gasteiger partial charge in [0, 0.05) is 24.5 Å². The third-order valence-corrected chi connectivity index (χ3v) is 4.10. The summed E-state index contributed by atoms with van der Waals surface area (Å²) in [5, 5.41) is 8.73. The van der Waals surface area contributed by atoms with Gasteiger partial charge in [-0.2, -0.15) is 0 Å². The molecule has 0 fully saturated rings. The Bertz CT molecular complexity index is 762. The first-order valence-corrected chi connectivity index (χ1v) is 7.69. The smallest absolute Gasteiger partial charge is 0.242 e. The van der Waals surface area contributed by atoms with Gasteiger partial charge >= 0.3 is 0 Å². The highest BCUT2D eigenvalue weighted by molar-refractivity contribution is 7.89. The van der Waals surface area contributed by atoms with E-state index in [0.29, 0.717) is 5.56 Å². The summed E-state index contributed by atoms with van der Waals surface area (Å²) < 4.78 is 26.7. The zero-order valence-electron chi connectivity index (χ0n) is 11.2. The van der Waals surface area contributed by atoms with Crippen LogP contribution in [0.4, 0.5) is 0 Å². The first kappa shape index (κ1) is 15.2. The van der Waals surface area contributed by atoms with Crippen molar-refractivity contribution >= 4 is 10.0 Å². The van der Waals surface area contributed by atoms with E-state index in [1.165, 1.54) is 18.5 Å². The van der Waals surface area contributed by atoms with Crippen LogP contribution in [0.5, 0.6) is 0 Å². The van der Waals surface area contributed by atoms with E-state index >= 15 is 0 Å². The van der Waals surface area contributed by atoms with Gasteiger partial charge < -0.3 is 5.11 Å². The zero-order valence-corrected chi connectivity index (χ0v) is 12.0. The number of aliphatic hydroxyl groups is 1. The number of aromatic nitrogens is 1. The normalized spacial score (nSPS) is 10.7. The molecule has 2 rings (SSSR count). The molecule has 0 saturated heterocycles. The summed E-state index contributed by atoms with van der Waals surface area (Å²) in [6, 6.07) is 10.2. The van der Waals surface area contributed by atoms with Crippen molar-refractivity contribution in [1.29, 1.82) is 0 Å². The van der Waals surface area contributed by atoms with Gasteiger partial charge in [0.2, 0.25) is 10.0 Å². The number of benzene rings is 1. The van der Waals surface area contributed by atoms with Gasteiger partial charge in [0.15, 0.2) is 0 Å². The number of nitrogens with one attached hydrogen (secondary N) is 1. The largest absolute Gasteiger partial charge is 0.384 e. The number of aliphatic hydroxyl groups excluding tert-OH is 1. The molecule has 21 heavy (non-hydrogen) atoms. The SMILES string of the molecule is O=S(=O)(NCc1ccccc1C#CCO)c1cccnc1. The number of nitrogens with zero attached hydrogens (tertiary/aromatic N) is 1. The molecule has 0 spiro atoms. The fourth-order valence-corrected chi connectivity index (χ4v) is 2.66. The van der Waals surface area contributed by atoms with Crippen LogP contribution in [0, 0.1) is 11.8 Å². The van der Waals surface area contributed by atoms with Gasteiger partial charge in [-0.3, -0.25) is 4.98 Å². The maximum absolute atomic E-state index is 12.1. The van der Waals surface area contributed by atoms with Crippen molar-refractivity contribution in [2.75, 3.05) is 6.61 Å². The van der Waals surface area contributed by atoms with Crippen LogP contribution >= 0.6 is 0 Å². The molecular formula is C15H14N2O3S. The van der Waals surface area contributed by atoms with Crippen molar-refractivity contribution in [1.82, 2.24) is 9.71 Å². The molecule has 0 bridgehead atoms. The third-order valence-electron chi connectivity index (χ3n) is 2.72. The van der Waals surface area contributed by atoms with E-state index in [9.17, 15) is 8.42 Å². The third kappa shape index (κ3) is 4.13. The Morgan fingerprint density at radius 3 is 2.71 bits per heavy atom. The molecule has 2 N–H and O–H groups in total. The van der Waals surface area contributed by atoms with E-state index in [1.54, 1.807) is 30.3 Å². The minimum atomic E-state index is -3.61. The van der Waals surface area contributed by atoms with Gasteiger partial charge in [-0.25, -0.2) is 13.1 Å². The van der Waals surface area contributed by atoms with Gasteiger partial charge in [0.25, 0.3) is 0 Å². The summed E-state index contributed by atoms with van der Waals surface area (Å²) in [6.07, 6.45) is 2.80. The first-order valence-electron chi connectivity index (χ1n) is 6.21. The van der Waals surface area contributed by atoms with Crippen LogP contribution < -0.4 is 4.72 Å². The van der Waals surface area contributed by atoms with Crippen LogP contribution in [-0.4, -0.2) is 25.1 Å². The van der Waals surface area contributed by atoms with Crippen molar-refractivity contribution in [2.45, 2.75) is 11.4 Å². The molecular weight excluding hydrogens is 288 g/mol. The second-order valence-corrected chi connectivity index (χ2v) is 5.90. The predicted molar refractivity (Wildman–Crippen MR) is 78.7 cm³/mol.